The minimum Gasteiger partial charge on any atom is -0.372 e. The van der Waals surface area contributed by atoms with Gasteiger partial charge in [0.25, 0.3) is 0 Å². The predicted molar refractivity (Wildman–Crippen MR) is 96.0 cm³/mol. The molecule has 2 atom stereocenters. The average molecular weight is 329 g/mol. The molecule has 5 nitrogen and oxygen atoms in total. The molecule has 2 unspecified atom stereocenters. The number of likely N-dealkylation sites (tertiary alicyclic amines) is 1. The van der Waals surface area contributed by atoms with Crippen molar-refractivity contribution in [1.29, 1.82) is 0 Å². The van der Waals surface area contributed by atoms with Crippen LogP contribution in [-0.2, 0) is 9.59 Å². The lowest BCUT2D eigenvalue weighted by Crippen LogP contribution is -2.30. The molecule has 1 aromatic rings. The second-order valence-electron chi connectivity index (χ2n) is 6.69. The van der Waals surface area contributed by atoms with Gasteiger partial charge in [-0.25, -0.2) is 0 Å². The second-order valence-corrected chi connectivity index (χ2v) is 6.69. The SMILES string of the molecule is CCN(CC)c1ccc(NC(=O)C2CC2C(=O)N2CCCC2)cc1. The number of amides is 2. The summed E-state index contributed by atoms with van der Waals surface area (Å²) < 4.78 is 0. The minimum atomic E-state index is -0.152. The maximum Gasteiger partial charge on any atom is 0.228 e. The van der Waals surface area contributed by atoms with Gasteiger partial charge in [0.05, 0.1) is 11.8 Å². The van der Waals surface area contributed by atoms with Crippen LogP contribution in [0, 0.1) is 11.8 Å². The Morgan fingerprint density at radius 2 is 1.71 bits per heavy atom. The highest BCUT2D eigenvalue weighted by Crippen LogP contribution is 2.41. The monoisotopic (exact) mass is 329 g/mol. The summed E-state index contributed by atoms with van der Waals surface area (Å²) in [6.45, 7) is 7.90. The molecular formula is C19H27N3O2. The molecule has 0 bridgehead atoms. The quantitative estimate of drug-likeness (QED) is 0.873. The number of nitrogens with one attached hydrogen (secondary N) is 1. The van der Waals surface area contributed by atoms with Gasteiger partial charge in [0.2, 0.25) is 11.8 Å². The Morgan fingerprint density at radius 1 is 1.08 bits per heavy atom. The molecule has 1 aromatic carbocycles. The van der Waals surface area contributed by atoms with E-state index in [1.54, 1.807) is 0 Å². The van der Waals surface area contributed by atoms with Crippen molar-refractivity contribution in [2.45, 2.75) is 33.1 Å². The first-order valence-electron chi connectivity index (χ1n) is 9.08. The number of rotatable bonds is 6. The normalized spacial score (nSPS) is 22.3. The third kappa shape index (κ3) is 3.55. The molecule has 2 fully saturated rings. The standard InChI is InChI=1S/C19H27N3O2/c1-3-21(4-2)15-9-7-14(8-10-15)20-18(23)16-13-17(16)19(24)22-11-5-6-12-22/h7-10,16-17H,3-6,11-13H2,1-2H3,(H,20,23). The topological polar surface area (TPSA) is 52.7 Å². The lowest BCUT2D eigenvalue weighted by atomic mass is 10.2. The molecule has 0 radical (unpaired) electrons. The summed E-state index contributed by atoms with van der Waals surface area (Å²) in [5, 5.41) is 2.95. The van der Waals surface area contributed by atoms with Crippen molar-refractivity contribution < 1.29 is 9.59 Å². The van der Waals surface area contributed by atoms with Gasteiger partial charge in [0.1, 0.15) is 0 Å². The van der Waals surface area contributed by atoms with Gasteiger partial charge >= 0.3 is 0 Å². The number of carbonyl (C=O) groups is 2. The maximum absolute atomic E-state index is 12.3. The highest BCUT2D eigenvalue weighted by Gasteiger charge is 2.49. The van der Waals surface area contributed by atoms with E-state index in [0.717, 1.165) is 50.4 Å². The zero-order valence-electron chi connectivity index (χ0n) is 14.6. The van der Waals surface area contributed by atoms with Gasteiger partial charge in [0, 0.05) is 37.6 Å². The van der Waals surface area contributed by atoms with E-state index in [4.69, 9.17) is 0 Å². The smallest absolute Gasteiger partial charge is 0.228 e. The molecule has 130 valence electrons. The van der Waals surface area contributed by atoms with Gasteiger partial charge in [-0.05, 0) is 57.4 Å². The zero-order chi connectivity index (χ0) is 17.1. The van der Waals surface area contributed by atoms with Gasteiger partial charge in [-0.3, -0.25) is 9.59 Å². The molecule has 2 amide bonds. The Kier molecular flexibility index (Phi) is 5.07. The molecule has 1 heterocycles. The van der Waals surface area contributed by atoms with Crippen LogP contribution in [0.5, 0.6) is 0 Å². The largest absolute Gasteiger partial charge is 0.372 e. The van der Waals surface area contributed by atoms with Crippen molar-refractivity contribution in [3.8, 4) is 0 Å². The number of carbonyl (C=O) groups excluding carboxylic acids is 2. The predicted octanol–water partition coefficient (Wildman–Crippen LogP) is 2.73. The lowest BCUT2D eigenvalue weighted by Gasteiger charge is -2.21. The Morgan fingerprint density at radius 3 is 2.29 bits per heavy atom. The fourth-order valence-corrected chi connectivity index (χ4v) is 3.51. The fourth-order valence-electron chi connectivity index (χ4n) is 3.51. The molecular weight excluding hydrogens is 302 g/mol. The van der Waals surface area contributed by atoms with E-state index in [1.807, 2.05) is 29.2 Å². The highest BCUT2D eigenvalue weighted by atomic mass is 16.2. The van der Waals surface area contributed by atoms with Gasteiger partial charge in [0.15, 0.2) is 0 Å². The lowest BCUT2D eigenvalue weighted by molar-refractivity contribution is -0.133. The van der Waals surface area contributed by atoms with Gasteiger partial charge in [-0.1, -0.05) is 0 Å². The van der Waals surface area contributed by atoms with Crippen LogP contribution in [-0.4, -0.2) is 42.9 Å². The van der Waals surface area contributed by atoms with Crippen LogP contribution in [0.3, 0.4) is 0 Å². The summed E-state index contributed by atoms with van der Waals surface area (Å²) in [6, 6.07) is 7.93. The molecule has 1 N–H and O–H groups in total. The summed E-state index contributed by atoms with van der Waals surface area (Å²) >= 11 is 0. The van der Waals surface area contributed by atoms with Gasteiger partial charge < -0.3 is 15.1 Å². The summed E-state index contributed by atoms with van der Waals surface area (Å²) in [5.41, 5.74) is 1.96. The molecule has 0 spiro atoms. The number of hydrogen-bond donors (Lipinski definition) is 1. The van der Waals surface area contributed by atoms with Crippen LogP contribution in [0.25, 0.3) is 0 Å². The summed E-state index contributed by atoms with van der Waals surface area (Å²) in [6.07, 6.45) is 2.88. The molecule has 5 heteroatoms. The summed E-state index contributed by atoms with van der Waals surface area (Å²) in [4.78, 5) is 28.8. The molecule has 1 aliphatic heterocycles. The van der Waals surface area contributed by atoms with Crippen LogP contribution in [0.4, 0.5) is 11.4 Å². The molecule has 3 rings (SSSR count). The van der Waals surface area contributed by atoms with E-state index in [9.17, 15) is 9.59 Å². The van der Waals surface area contributed by atoms with E-state index < -0.39 is 0 Å². The maximum atomic E-state index is 12.3. The fraction of sp³-hybridized carbons (Fsp3) is 0.579. The van der Waals surface area contributed by atoms with E-state index in [1.165, 1.54) is 0 Å². The molecule has 24 heavy (non-hydrogen) atoms. The van der Waals surface area contributed by atoms with E-state index >= 15 is 0 Å². The number of anilines is 2. The van der Waals surface area contributed by atoms with Crippen molar-refractivity contribution in [2.24, 2.45) is 11.8 Å². The third-order valence-corrected chi connectivity index (χ3v) is 5.13. The van der Waals surface area contributed by atoms with Crippen LogP contribution in [0.2, 0.25) is 0 Å². The van der Waals surface area contributed by atoms with Crippen molar-refractivity contribution in [3.05, 3.63) is 24.3 Å². The minimum absolute atomic E-state index is 0.0249. The summed E-state index contributed by atoms with van der Waals surface area (Å²) in [5.74, 6) is -0.105. The van der Waals surface area contributed by atoms with Crippen LogP contribution in [0.1, 0.15) is 33.1 Å². The Hall–Kier alpha value is -2.04. The first-order valence-corrected chi connectivity index (χ1v) is 9.08. The first-order chi connectivity index (χ1) is 11.6. The molecule has 0 aromatic heterocycles. The van der Waals surface area contributed by atoms with Crippen molar-refractivity contribution in [1.82, 2.24) is 4.90 Å². The van der Waals surface area contributed by atoms with E-state index in [-0.39, 0.29) is 23.7 Å². The van der Waals surface area contributed by atoms with E-state index in [2.05, 4.69) is 24.1 Å². The Balaban J connectivity index is 1.53. The number of nitrogens with zero attached hydrogens (tertiary/aromatic N) is 2. The first kappa shape index (κ1) is 16.8. The number of hydrogen-bond acceptors (Lipinski definition) is 3. The van der Waals surface area contributed by atoms with E-state index in [0.29, 0.717) is 6.42 Å². The van der Waals surface area contributed by atoms with Crippen molar-refractivity contribution in [3.63, 3.8) is 0 Å². The van der Waals surface area contributed by atoms with Crippen LogP contribution in [0.15, 0.2) is 24.3 Å². The van der Waals surface area contributed by atoms with Crippen LogP contribution < -0.4 is 10.2 Å². The highest BCUT2D eigenvalue weighted by molar-refractivity contribution is 5.99. The molecule has 2 aliphatic rings. The molecule has 1 saturated carbocycles. The van der Waals surface area contributed by atoms with Crippen molar-refractivity contribution in [2.75, 3.05) is 36.4 Å². The second kappa shape index (κ2) is 7.24. The Labute approximate surface area is 144 Å². The van der Waals surface area contributed by atoms with Crippen LogP contribution >= 0.6 is 0 Å². The van der Waals surface area contributed by atoms with Gasteiger partial charge in [-0.2, -0.15) is 0 Å². The van der Waals surface area contributed by atoms with Gasteiger partial charge in [-0.15, -0.1) is 0 Å². The zero-order valence-corrected chi connectivity index (χ0v) is 14.6. The molecule has 1 saturated heterocycles. The third-order valence-electron chi connectivity index (χ3n) is 5.13. The Bertz CT molecular complexity index is 589. The van der Waals surface area contributed by atoms with Crippen molar-refractivity contribution >= 4 is 23.2 Å². The molecule has 1 aliphatic carbocycles. The average Bonchev–Trinajstić information content (AvgIpc) is 3.22. The number of benzene rings is 1. The summed E-state index contributed by atoms with van der Waals surface area (Å²) in [7, 11) is 0.